The van der Waals surface area contributed by atoms with Crippen LogP contribution in [0.3, 0.4) is 0 Å². The molecular formula is C11H13ClN4O. The lowest BCUT2D eigenvalue weighted by Crippen LogP contribution is -2.38. The molecule has 1 aliphatic heterocycles. The summed E-state index contributed by atoms with van der Waals surface area (Å²) in [5.41, 5.74) is 0.900. The monoisotopic (exact) mass is 252 g/mol. The van der Waals surface area contributed by atoms with Crippen molar-refractivity contribution in [3.63, 3.8) is 0 Å². The molecule has 2 heterocycles. The van der Waals surface area contributed by atoms with Crippen LogP contribution < -0.4 is 5.32 Å². The van der Waals surface area contributed by atoms with Gasteiger partial charge in [-0.25, -0.2) is 9.97 Å². The second kappa shape index (κ2) is 5.30. The predicted molar refractivity (Wildman–Crippen MR) is 63.7 cm³/mol. The third-order valence-corrected chi connectivity index (χ3v) is 2.97. The van der Waals surface area contributed by atoms with Gasteiger partial charge in [0.15, 0.2) is 0 Å². The van der Waals surface area contributed by atoms with E-state index in [2.05, 4.69) is 21.4 Å². The average molecular weight is 253 g/mol. The first-order valence-electron chi connectivity index (χ1n) is 5.43. The van der Waals surface area contributed by atoms with Gasteiger partial charge in [-0.15, -0.1) is 0 Å². The Morgan fingerprint density at radius 2 is 2.47 bits per heavy atom. The molecule has 1 aromatic rings. The molecule has 5 nitrogen and oxygen atoms in total. The maximum absolute atomic E-state index is 9.06. The van der Waals surface area contributed by atoms with Crippen molar-refractivity contribution >= 4 is 17.4 Å². The van der Waals surface area contributed by atoms with Crippen molar-refractivity contribution in [2.75, 3.05) is 18.5 Å². The van der Waals surface area contributed by atoms with Crippen molar-refractivity contribution in [1.82, 2.24) is 9.97 Å². The average Bonchev–Trinajstić information content (AvgIpc) is 2.34. The van der Waals surface area contributed by atoms with E-state index in [-0.39, 0.29) is 17.2 Å². The van der Waals surface area contributed by atoms with Crippen LogP contribution in [0, 0.1) is 24.2 Å². The van der Waals surface area contributed by atoms with Gasteiger partial charge in [0, 0.05) is 18.4 Å². The molecule has 2 atom stereocenters. The summed E-state index contributed by atoms with van der Waals surface area (Å²) in [4.78, 5) is 8.00. The van der Waals surface area contributed by atoms with E-state index < -0.39 is 0 Å². The highest BCUT2D eigenvalue weighted by Crippen LogP contribution is 2.21. The topological polar surface area (TPSA) is 70.8 Å². The minimum Gasteiger partial charge on any atom is -0.379 e. The zero-order valence-electron chi connectivity index (χ0n) is 9.48. The number of hydrogen-bond donors (Lipinski definition) is 1. The van der Waals surface area contributed by atoms with Gasteiger partial charge in [-0.1, -0.05) is 0 Å². The lowest BCUT2D eigenvalue weighted by atomic mass is 9.96. The highest BCUT2D eigenvalue weighted by Gasteiger charge is 2.26. The molecule has 0 aromatic carbocycles. The predicted octanol–water partition coefficient (Wildman–Crippen LogP) is 1.78. The molecule has 0 amide bonds. The Kier molecular flexibility index (Phi) is 3.77. The van der Waals surface area contributed by atoms with Crippen molar-refractivity contribution in [2.24, 2.45) is 5.92 Å². The molecule has 1 saturated heterocycles. The minimum atomic E-state index is -0.0584. The van der Waals surface area contributed by atoms with Crippen molar-refractivity contribution in [2.45, 2.75) is 19.4 Å². The van der Waals surface area contributed by atoms with Crippen LogP contribution in [0.4, 0.5) is 5.82 Å². The van der Waals surface area contributed by atoms with Gasteiger partial charge >= 0.3 is 0 Å². The lowest BCUT2D eigenvalue weighted by Gasteiger charge is -2.28. The number of nitriles is 1. The summed E-state index contributed by atoms with van der Waals surface area (Å²) >= 11 is 5.75. The fourth-order valence-corrected chi connectivity index (χ4v) is 1.91. The Hall–Kier alpha value is -1.38. The fraction of sp³-hybridized carbons (Fsp3) is 0.545. The summed E-state index contributed by atoms with van der Waals surface area (Å²) in [6.07, 6.45) is 2.40. The number of halogens is 1. The Bertz CT molecular complexity index is 446. The van der Waals surface area contributed by atoms with Crippen LogP contribution in [-0.4, -0.2) is 29.2 Å². The first-order chi connectivity index (χ1) is 8.20. The van der Waals surface area contributed by atoms with E-state index in [1.165, 1.54) is 0 Å². The standard InChI is InChI=1S/C11H13ClN4O/c1-7-5-14-11(12)16-10(7)15-9-6-17-3-2-8(9)4-13/h5,8-9H,2-3,6H2,1H3,(H,14,15,16)/t8-,9+/m0/s1. The summed E-state index contributed by atoms with van der Waals surface area (Å²) in [7, 11) is 0. The normalized spacial score (nSPS) is 24.1. The van der Waals surface area contributed by atoms with E-state index in [1.807, 2.05) is 6.92 Å². The SMILES string of the molecule is Cc1cnc(Cl)nc1N[C@@H]1COCC[C@H]1C#N. The molecule has 1 N–H and O–H groups in total. The Morgan fingerprint density at radius 1 is 1.65 bits per heavy atom. The summed E-state index contributed by atoms with van der Waals surface area (Å²) in [6, 6.07) is 2.25. The molecule has 1 fully saturated rings. The van der Waals surface area contributed by atoms with Crippen LogP contribution in [0.2, 0.25) is 5.28 Å². The smallest absolute Gasteiger partial charge is 0.224 e. The molecule has 6 heteroatoms. The van der Waals surface area contributed by atoms with Gasteiger partial charge in [0.1, 0.15) is 5.82 Å². The molecule has 0 spiro atoms. The van der Waals surface area contributed by atoms with E-state index in [1.54, 1.807) is 6.20 Å². The third-order valence-electron chi connectivity index (χ3n) is 2.79. The van der Waals surface area contributed by atoms with Gasteiger partial charge < -0.3 is 10.1 Å². The van der Waals surface area contributed by atoms with Gasteiger partial charge in [-0.3, -0.25) is 0 Å². The van der Waals surface area contributed by atoms with Crippen molar-refractivity contribution in [3.8, 4) is 6.07 Å². The van der Waals surface area contributed by atoms with Gasteiger partial charge in [0.2, 0.25) is 5.28 Å². The molecule has 1 aromatic heterocycles. The number of ether oxygens (including phenoxy) is 1. The summed E-state index contributed by atoms with van der Waals surface area (Å²) < 4.78 is 5.37. The maximum Gasteiger partial charge on any atom is 0.224 e. The van der Waals surface area contributed by atoms with E-state index >= 15 is 0 Å². The van der Waals surface area contributed by atoms with Gasteiger partial charge in [-0.05, 0) is 24.9 Å². The fourth-order valence-electron chi connectivity index (χ4n) is 1.78. The van der Waals surface area contributed by atoms with E-state index in [4.69, 9.17) is 21.6 Å². The highest BCUT2D eigenvalue weighted by atomic mass is 35.5. The number of aromatic nitrogens is 2. The minimum absolute atomic E-state index is 0.0431. The molecule has 0 unspecified atom stereocenters. The molecule has 0 aliphatic carbocycles. The van der Waals surface area contributed by atoms with Crippen LogP contribution in [0.25, 0.3) is 0 Å². The van der Waals surface area contributed by atoms with Crippen LogP contribution in [0.1, 0.15) is 12.0 Å². The number of nitrogens with one attached hydrogen (secondary N) is 1. The van der Waals surface area contributed by atoms with Crippen molar-refractivity contribution in [3.05, 3.63) is 17.0 Å². The summed E-state index contributed by atoms with van der Waals surface area (Å²) in [6.45, 7) is 3.04. The van der Waals surface area contributed by atoms with E-state index in [9.17, 15) is 0 Å². The molecule has 0 bridgehead atoms. The quantitative estimate of drug-likeness (QED) is 0.813. The molecule has 2 rings (SSSR count). The molecule has 90 valence electrons. The second-order valence-corrected chi connectivity index (χ2v) is 4.36. The second-order valence-electron chi connectivity index (χ2n) is 4.02. The van der Waals surface area contributed by atoms with Gasteiger partial charge in [-0.2, -0.15) is 5.26 Å². The van der Waals surface area contributed by atoms with Crippen molar-refractivity contribution in [1.29, 1.82) is 5.26 Å². The first kappa shape index (κ1) is 12.1. The Morgan fingerprint density at radius 3 is 3.24 bits per heavy atom. The van der Waals surface area contributed by atoms with Crippen LogP contribution in [0.15, 0.2) is 6.20 Å². The van der Waals surface area contributed by atoms with E-state index in [0.29, 0.717) is 19.0 Å². The molecular weight excluding hydrogens is 240 g/mol. The zero-order chi connectivity index (χ0) is 12.3. The van der Waals surface area contributed by atoms with Gasteiger partial charge in [0.25, 0.3) is 0 Å². The highest BCUT2D eigenvalue weighted by molar-refractivity contribution is 6.28. The first-order valence-corrected chi connectivity index (χ1v) is 5.81. The Labute approximate surface area is 105 Å². The molecule has 0 saturated carbocycles. The summed E-state index contributed by atoms with van der Waals surface area (Å²) in [5.74, 6) is 0.609. The lowest BCUT2D eigenvalue weighted by molar-refractivity contribution is 0.0698. The third kappa shape index (κ3) is 2.84. The number of nitrogens with zero attached hydrogens (tertiary/aromatic N) is 3. The Balaban J connectivity index is 2.14. The number of anilines is 1. The summed E-state index contributed by atoms with van der Waals surface area (Å²) in [5, 5.41) is 12.5. The number of aryl methyl sites for hydroxylation is 1. The van der Waals surface area contributed by atoms with Crippen LogP contribution in [-0.2, 0) is 4.74 Å². The van der Waals surface area contributed by atoms with Crippen LogP contribution in [0.5, 0.6) is 0 Å². The molecule has 0 radical (unpaired) electrons. The van der Waals surface area contributed by atoms with E-state index in [0.717, 1.165) is 12.0 Å². The number of rotatable bonds is 2. The molecule has 17 heavy (non-hydrogen) atoms. The maximum atomic E-state index is 9.06. The van der Waals surface area contributed by atoms with Crippen LogP contribution >= 0.6 is 11.6 Å². The molecule has 1 aliphatic rings. The van der Waals surface area contributed by atoms with Gasteiger partial charge in [0.05, 0.1) is 24.6 Å². The zero-order valence-corrected chi connectivity index (χ0v) is 10.2. The number of hydrogen-bond acceptors (Lipinski definition) is 5. The van der Waals surface area contributed by atoms with Crippen molar-refractivity contribution < 1.29 is 4.74 Å². The largest absolute Gasteiger partial charge is 0.379 e.